The molecule has 1 amide bonds. The van der Waals surface area contributed by atoms with E-state index in [9.17, 15) is 17.6 Å². The van der Waals surface area contributed by atoms with Crippen molar-refractivity contribution in [3.63, 3.8) is 0 Å². The minimum Gasteiger partial charge on any atom is -0.341 e. The zero-order valence-corrected chi connectivity index (χ0v) is 14.4. The van der Waals surface area contributed by atoms with E-state index in [1.165, 1.54) is 29.5 Å². The molecule has 0 bridgehead atoms. The van der Waals surface area contributed by atoms with Crippen LogP contribution in [0.3, 0.4) is 0 Å². The van der Waals surface area contributed by atoms with Crippen LogP contribution in [0.15, 0.2) is 46.0 Å². The topological polar surface area (TPSA) is 66.5 Å². The average Bonchev–Trinajstić information content (AvgIpc) is 3.17. The smallest absolute Gasteiger partial charge is 0.241 e. The van der Waals surface area contributed by atoms with Crippen LogP contribution in [0.5, 0.6) is 0 Å². The third kappa shape index (κ3) is 4.00. The number of carbonyl (C=O) groups excluding carboxylic acids is 1. The second kappa shape index (κ2) is 7.00. The number of amides is 1. The van der Waals surface area contributed by atoms with Crippen LogP contribution in [-0.4, -0.2) is 38.4 Å². The Morgan fingerprint density at radius 3 is 2.67 bits per heavy atom. The molecule has 2 aromatic rings. The number of thiophene rings is 1. The molecule has 5 nitrogen and oxygen atoms in total. The first kappa shape index (κ1) is 17.1. The van der Waals surface area contributed by atoms with Gasteiger partial charge in [0.2, 0.25) is 15.9 Å². The van der Waals surface area contributed by atoms with E-state index in [4.69, 9.17) is 0 Å². The summed E-state index contributed by atoms with van der Waals surface area (Å²) in [6.07, 6.45) is 0.767. The van der Waals surface area contributed by atoms with Gasteiger partial charge in [0.15, 0.2) is 0 Å². The molecule has 1 N–H and O–H groups in total. The predicted molar refractivity (Wildman–Crippen MR) is 89.7 cm³/mol. The Labute approximate surface area is 144 Å². The molecule has 1 saturated heterocycles. The Balaban J connectivity index is 1.56. The van der Waals surface area contributed by atoms with E-state index in [0.29, 0.717) is 19.5 Å². The van der Waals surface area contributed by atoms with Crippen LogP contribution < -0.4 is 4.72 Å². The van der Waals surface area contributed by atoms with Crippen molar-refractivity contribution < 1.29 is 17.6 Å². The van der Waals surface area contributed by atoms with Gasteiger partial charge in [-0.15, -0.1) is 0 Å². The first-order valence-corrected chi connectivity index (χ1v) is 9.93. The Kier molecular flexibility index (Phi) is 4.98. The van der Waals surface area contributed by atoms with Crippen molar-refractivity contribution in [2.45, 2.75) is 23.8 Å². The van der Waals surface area contributed by atoms with E-state index in [1.807, 2.05) is 0 Å². The lowest BCUT2D eigenvalue weighted by atomic mass is 10.1. The van der Waals surface area contributed by atoms with Gasteiger partial charge in [-0.25, -0.2) is 17.5 Å². The molecule has 1 atom stereocenters. The van der Waals surface area contributed by atoms with Crippen molar-refractivity contribution in [3.05, 3.63) is 52.5 Å². The van der Waals surface area contributed by atoms with Gasteiger partial charge in [-0.3, -0.25) is 4.79 Å². The molecule has 0 spiro atoms. The number of sulfonamides is 1. The second-order valence-electron chi connectivity index (χ2n) is 5.70. The summed E-state index contributed by atoms with van der Waals surface area (Å²) in [6.45, 7) is 0.838. The largest absolute Gasteiger partial charge is 0.341 e. The molecule has 0 aliphatic carbocycles. The van der Waals surface area contributed by atoms with E-state index in [-0.39, 0.29) is 23.0 Å². The molecule has 1 unspecified atom stereocenters. The van der Waals surface area contributed by atoms with Gasteiger partial charge < -0.3 is 4.90 Å². The van der Waals surface area contributed by atoms with Crippen LogP contribution in [0.1, 0.15) is 12.0 Å². The van der Waals surface area contributed by atoms with Gasteiger partial charge in [-0.05, 0) is 35.6 Å². The molecule has 1 aromatic heterocycles. The molecule has 1 fully saturated rings. The van der Waals surface area contributed by atoms with Crippen LogP contribution in [0.2, 0.25) is 0 Å². The molecule has 8 heteroatoms. The maximum Gasteiger partial charge on any atom is 0.241 e. The Morgan fingerprint density at radius 2 is 2.00 bits per heavy atom. The fourth-order valence-electron chi connectivity index (χ4n) is 2.67. The minimum absolute atomic E-state index is 0.0740. The molecule has 1 aliphatic heterocycles. The van der Waals surface area contributed by atoms with Crippen LogP contribution in [0.4, 0.5) is 4.39 Å². The average molecular weight is 368 g/mol. The zero-order chi connectivity index (χ0) is 17.2. The van der Waals surface area contributed by atoms with Crippen LogP contribution in [0.25, 0.3) is 0 Å². The highest BCUT2D eigenvalue weighted by Crippen LogP contribution is 2.17. The van der Waals surface area contributed by atoms with Crippen LogP contribution in [-0.2, 0) is 21.2 Å². The van der Waals surface area contributed by atoms with Crippen molar-refractivity contribution in [1.29, 1.82) is 0 Å². The number of halogens is 1. The lowest BCUT2D eigenvalue weighted by Crippen LogP contribution is -2.37. The van der Waals surface area contributed by atoms with Gasteiger partial charge in [0.05, 0.1) is 4.90 Å². The number of hydrogen-bond donors (Lipinski definition) is 1. The molecule has 0 saturated carbocycles. The van der Waals surface area contributed by atoms with E-state index in [2.05, 4.69) is 4.72 Å². The summed E-state index contributed by atoms with van der Waals surface area (Å²) in [7, 11) is -3.58. The van der Waals surface area contributed by atoms with E-state index < -0.39 is 16.1 Å². The lowest BCUT2D eigenvalue weighted by Gasteiger charge is -2.17. The highest BCUT2D eigenvalue weighted by atomic mass is 32.2. The minimum atomic E-state index is -3.58. The highest BCUT2D eigenvalue weighted by molar-refractivity contribution is 7.89. The fraction of sp³-hybridized carbons (Fsp3) is 0.312. The first-order valence-electron chi connectivity index (χ1n) is 7.51. The van der Waals surface area contributed by atoms with Crippen molar-refractivity contribution >= 4 is 27.3 Å². The molecular formula is C16H17FN2O3S2. The summed E-state index contributed by atoms with van der Waals surface area (Å²) in [6, 6.07) is 7.27. The predicted octanol–water partition coefficient (Wildman–Crippen LogP) is 2.01. The Hall–Kier alpha value is -1.77. The third-order valence-electron chi connectivity index (χ3n) is 3.93. The molecule has 2 heterocycles. The molecule has 128 valence electrons. The summed E-state index contributed by atoms with van der Waals surface area (Å²) in [5.41, 5.74) is 0.937. The van der Waals surface area contributed by atoms with Crippen molar-refractivity contribution in [1.82, 2.24) is 9.62 Å². The van der Waals surface area contributed by atoms with Crippen molar-refractivity contribution in [2.75, 3.05) is 13.1 Å². The molecule has 1 aliphatic rings. The maximum atomic E-state index is 12.9. The first-order chi connectivity index (χ1) is 11.4. The molecule has 0 radical (unpaired) electrons. The monoisotopic (exact) mass is 368 g/mol. The number of benzene rings is 1. The quantitative estimate of drug-likeness (QED) is 0.848. The van der Waals surface area contributed by atoms with E-state index >= 15 is 0 Å². The van der Waals surface area contributed by atoms with Gasteiger partial charge in [0, 0.05) is 30.9 Å². The van der Waals surface area contributed by atoms with Gasteiger partial charge >= 0.3 is 0 Å². The standard InChI is InChI=1S/C16H17FN2O3S2/c17-13-3-1-12(2-4-13)5-7-19-10-14(9-16(19)20)18-24(21,22)15-6-8-23-11-15/h1-4,6,8,11,14,18H,5,7,9-10H2. The Bertz CT molecular complexity index is 804. The zero-order valence-electron chi connectivity index (χ0n) is 12.8. The molecule has 1 aromatic carbocycles. The van der Waals surface area contributed by atoms with Crippen LogP contribution in [0, 0.1) is 5.82 Å². The molecular weight excluding hydrogens is 351 g/mol. The number of rotatable bonds is 6. The van der Waals surface area contributed by atoms with Gasteiger partial charge in [-0.1, -0.05) is 12.1 Å². The van der Waals surface area contributed by atoms with Crippen molar-refractivity contribution in [2.24, 2.45) is 0 Å². The van der Waals surface area contributed by atoms with Crippen LogP contribution >= 0.6 is 11.3 Å². The maximum absolute atomic E-state index is 12.9. The summed E-state index contributed by atoms with van der Waals surface area (Å²) in [4.78, 5) is 13.9. The Morgan fingerprint density at radius 1 is 1.25 bits per heavy atom. The van der Waals surface area contributed by atoms with Gasteiger partial charge in [0.25, 0.3) is 0 Å². The van der Waals surface area contributed by atoms with E-state index in [0.717, 1.165) is 5.56 Å². The number of carbonyl (C=O) groups is 1. The number of nitrogens with zero attached hydrogens (tertiary/aromatic N) is 1. The summed E-state index contributed by atoms with van der Waals surface area (Å²) < 4.78 is 39.9. The summed E-state index contributed by atoms with van der Waals surface area (Å²) in [5.74, 6) is -0.367. The highest BCUT2D eigenvalue weighted by Gasteiger charge is 2.32. The van der Waals surface area contributed by atoms with Gasteiger partial charge in [-0.2, -0.15) is 11.3 Å². The third-order valence-corrected chi connectivity index (χ3v) is 6.28. The lowest BCUT2D eigenvalue weighted by molar-refractivity contribution is -0.127. The number of hydrogen-bond acceptors (Lipinski definition) is 4. The van der Waals surface area contributed by atoms with E-state index in [1.54, 1.807) is 27.8 Å². The normalized spacial score (nSPS) is 18.3. The van der Waals surface area contributed by atoms with Crippen molar-refractivity contribution in [3.8, 4) is 0 Å². The number of nitrogens with one attached hydrogen (secondary N) is 1. The summed E-state index contributed by atoms with van der Waals surface area (Å²) in [5, 5.41) is 3.26. The fourth-order valence-corrected chi connectivity index (χ4v) is 4.93. The summed E-state index contributed by atoms with van der Waals surface area (Å²) >= 11 is 1.31. The molecule has 3 rings (SSSR count). The molecule has 24 heavy (non-hydrogen) atoms. The SMILES string of the molecule is O=C1CC(NS(=O)(=O)c2ccsc2)CN1CCc1ccc(F)cc1. The second-order valence-corrected chi connectivity index (χ2v) is 8.19. The number of likely N-dealkylation sites (tertiary alicyclic amines) is 1. The van der Waals surface area contributed by atoms with Gasteiger partial charge in [0.1, 0.15) is 5.82 Å².